The van der Waals surface area contributed by atoms with Gasteiger partial charge in [0.15, 0.2) is 0 Å². The van der Waals surface area contributed by atoms with E-state index in [2.05, 4.69) is 5.32 Å². The van der Waals surface area contributed by atoms with Crippen LogP contribution in [-0.2, 0) is 9.53 Å². The summed E-state index contributed by atoms with van der Waals surface area (Å²) in [4.78, 5) is 38.5. The third-order valence-corrected chi connectivity index (χ3v) is 5.69. The van der Waals surface area contributed by atoms with Gasteiger partial charge >= 0.3 is 12.1 Å². The molecule has 0 saturated carbocycles. The first kappa shape index (κ1) is 26.2. The second kappa shape index (κ2) is 11.9. The third-order valence-electron chi connectivity index (χ3n) is 5.69. The van der Waals surface area contributed by atoms with Crippen LogP contribution in [0.5, 0.6) is 5.75 Å². The average Bonchev–Trinajstić information content (AvgIpc) is 2.91. The highest BCUT2D eigenvalue weighted by Crippen LogP contribution is 2.30. The Kier molecular flexibility index (Phi) is 8.18. The van der Waals surface area contributed by atoms with Crippen molar-refractivity contribution >= 4 is 40.5 Å². The Hall–Kier alpha value is -4.91. The Morgan fingerprint density at radius 1 is 0.868 bits per heavy atom. The number of rotatable bonds is 7. The molecule has 0 fully saturated rings. The van der Waals surface area contributed by atoms with Crippen LogP contribution in [0.1, 0.15) is 22.8 Å². The number of esters is 1. The second-order valence-corrected chi connectivity index (χ2v) is 8.70. The number of amides is 2. The number of carbonyl (C=O) groups excluding carboxylic acids is 3. The number of fused-ring (bicyclic) bond motifs is 1. The first-order valence-electron chi connectivity index (χ1n) is 12.1. The zero-order chi connectivity index (χ0) is 27.1. The molecule has 4 aromatic rings. The minimum atomic E-state index is -0.472. The predicted molar refractivity (Wildman–Crippen MR) is 149 cm³/mol. The highest BCUT2D eigenvalue weighted by molar-refractivity contribution is 6.14. The molecule has 0 unspecified atom stereocenters. The monoisotopic (exact) mass is 508 g/mol. The van der Waals surface area contributed by atoms with Crippen LogP contribution in [0, 0.1) is 0 Å². The fourth-order valence-corrected chi connectivity index (χ4v) is 3.87. The number of carbonyl (C=O) groups is 3. The molecule has 1 N–H and O–H groups in total. The van der Waals surface area contributed by atoms with Gasteiger partial charge < -0.3 is 19.7 Å². The summed E-state index contributed by atoms with van der Waals surface area (Å²) in [5.41, 5.74) is 3.45. The standard InChI is InChI=1S/C31H28N2O5/c1-4-37-29(34)16-15-21-9-7-12-25(17-21)32-30(35)28-20-24(18-23-10-5-6-14-27(23)28)22-11-8-13-26(19-22)38-31(36)33(2)3/h5-20H,4H2,1-3H3,(H,32,35)/b16-15+. The molecule has 4 rings (SSSR count). The maximum absolute atomic E-state index is 13.5. The van der Waals surface area contributed by atoms with Crippen LogP contribution in [0.4, 0.5) is 10.5 Å². The number of ether oxygens (including phenoxy) is 2. The molecule has 0 aliphatic rings. The van der Waals surface area contributed by atoms with Gasteiger partial charge in [0.25, 0.3) is 5.91 Å². The van der Waals surface area contributed by atoms with Crippen molar-refractivity contribution in [3.63, 3.8) is 0 Å². The van der Waals surface area contributed by atoms with Gasteiger partial charge in [0.1, 0.15) is 5.75 Å². The number of hydrogen-bond donors (Lipinski definition) is 1. The molecule has 0 radical (unpaired) electrons. The highest BCUT2D eigenvalue weighted by atomic mass is 16.6. The largest absolute Gasteiger partial charge is 0.463 e. The maximum Gasteiger partial charge on any atom is 0.414 e. The van der Waals surface area contributed by atoms with Crippen LogP contribution in [0.2, 0.25) is 0 Å². The van der Waals surface area contributed by atoms with E-state index in [0.717, 1.165) is 27.5 Å². The molecule has 0 saturated heterocycles. The van der Waals surface area contributed by atoms with E-state index in [1.54, 1.807) is 63.5 Å². The van der Waals surface area contributed by atoms with Gasteiger partial charge in [0, 0.05) is 31.4 Å². The normalized spacial score (nSPS) is 10.8. The van der Waals surface area contributed by atoms with Crippen molar-refractivity contribution < 1.29 is 23.9 Å². The topological polar surface area (TPSA) is 84.9 Å². The predicted octanol–water partition coefficient (Wildman–Crippen LogP) is 6.40. The van der Waals surface area contributed by atoms with Crippen molar-refractivity contribution in [3.8, 4) is 16.9 Å². The fourth-order valence-electron chi connectivity index (χ4n) is 3.87. The summed E-state index contributed by atoms with van der Waals surface area (Å²) < 4.78 is 10.3. The van der Waals surface area contributed by atoms with Gasteiger partial charge in [-0.05, 0) is 76.9 Å². The fraction of sp³-hybridized carbons (Fsp3) is 0.129. The van der Waals surface area contributed by atoms with Gasteiger partial charge in [-0.1, -0.05) is 48.5 Å². The molecule has 0 bridgehead atoms. The van der Waals surface area contributed by atoms with Crippen molar-refractivity contribution in [1.29, 1.82) is 0 Å². The Morgan fingerprint density at radius 2 is 1.66 bits per heavy atom. The summed E-state index contributed by atoms with van der Waals surface area (Å²) in [6.07, 6.45) is 2.52. The van der Waals surface area contributed by atoms with Gasteiger partial charge in [0.2, 0.25) is 0 Å². The molecule has 0 aliphatic heterocycles. The quantitative estimate of drug-likeness (QED) is 0.231. The highest BCUT2D eigenvalue weighted by Gasteiger charge is 2.14. The van der Waals surface area contributed by atoms with E-state index < -0.39 is 12.1 Å². The molecule has 0 spiro atoms. The van der Waals surface area contributed by atoms with Crippen LogP contribution in [0.3, 0.4) is 0 Å². The summed E-state index contributed by atoms with van der Waals surface area (Å²) in [6.45, 7) is 2.05. The van der Waals surface area contributed by atoms with Crippen molar-refractivity contribution in [1.82, 2.24) is 4.90 Å². The van der Waals surface area contributed by atoms with E-state index in [-0.39, 0.29) is 5.91 Å². The Balaban J connectivity index is 1.65. The summed E-state index contributed by atoms with van der Waals surface area (Å²) in [7, 11) is 3.24. The minimum Gasteiger partial charge on any atom is -0.463 e. The van der Waals surface area contributed by atoms with E-state index in [1.165, 1.54) is 11.0 Å². The second-order valence-electron chi connectivity index (χ2n) is 8.70. The lowest BCUT2D eigenvalue weighted by Gasteiger charge is -2.13. The summed E-state index contributed by atoms with van der Waals surface area (Å²) >= 11 is 0. The van der Waals surface area contributed by atoms with Crippen molar-refractivity contribution in [3.05, 3.63) is 102 Å². The smallest absolute Gasteiger partial charge is 0.414 e. The summed E-state index contributed by atoms with van der Waals surface area (Å²) in [5.74, 6) is -0.288. The molecule has 0 aromatic heterocycles. The lowest BCUT2D eigenvalue weighted by molar-refractivity contribution is -0.137. The van der Waals surface area contributed by atoms with Gasteiger partial charge in [-0.15, -0.1) is 0 Å². The van der Waals surface area contributed by atoms with Crippen LogP contribution in [0.15, 0.2) is 91.0 Å². The van der Waals surface area contributed by atoms with Gasteiger partial charge in [-0.2, -0.15) is 0 Å². The number of benzene rings is 4. The average molecular weight is 509 g/mol. The summed E-state index contributed by atoms with van der Waals surface area (Å²) in [6, 6.07) is 25.9. The van der Waals surface area contributed by atoms with Crippen LogP contribution < -0.4 is 10.1 Å². The first-order valence-corrected chi connectivity index (χ1v) is 12.1. The number of hydrogen-bond acceptors (Lipinski definition) is 5. The molecule has 38 heavy (non-hydrogen) atoms. The number of nitrogens with one attached hydrogen (secondary N) is 1. The molecular formula is C31H28N2O5. The molecule has 7 nitrogen and oxygen atoms in total. The zero-order valence-electron chi connectivity index (χ0n) is 21.4. The SMILES string of the molecule is CCOC(=O)/C=C/c1cccc(NC(=O)c2cc(-c3cccc(OC(=O)N(C)C)c3)cc3ccccc23)c1. The third kappa shape index (κ3) is 6.44. The van der Waals surface area contributed by atoms with E-state index in [9.17, 15) is 14.4 Å². The summed E-state index contributed by atoms with van der Waals surface area (Å²) in [5, 5.41) is 4.68. The molecular weight excluding hydrogens is 480 g/mol. The van der Waals surface area contributed by atoms with Crippen LogP contribution >= 0.6 is 0 Å². The molecule has 192 valence electrons. The minimum absolute atomic E-state index is 0.273. The van der Waals surface area contributed by atoms with E-state index >= 15 is 0 Å². The molecule has 2 amide bonds. The van der Waals surface area contributed by atoms with E-state index in [0.29, 0.717) is 23.6 Å². The molecule has 0 heterocycles. The zero-order valence-corrected chi connectivity index (χ0v) is 21.4. The van der Waals surface area contributed by atoms with Crippen molar-refractivity contribution in [2.75, 3.05) is 26.0 Å². The molecule has 7 heteroatoms. The van der Waals surface area contributed by atoms with Crippen molar-refractivity contribution in [2.24, 2.45) is 0 Å². The van der Waals surface area contributed by atoms with Gasteiger partial charge in [0.05, 0.1) is 6.61 Å². The van der Waals surface area contributed by atoms with E-state index in [4.69, 9.17) is 9.47 Å². The molecule has 0 atom stereocenters. The van der Waals surface area contributed by atoms with Gasteiger partial charge in [-0.3, -0.25) is 4.79 Å². The molecule has 4 aromatic carbocycles. The van der Waals surface area contributed by atoms with Crippen LogP contribution in [0.25, 0.3) is 28.0 Å². The lowest BCUT2D eigenvalue weighted by atomic mass is 9.96. The van der Waals surface area contributed by atoms with Gasteiger partial charge in [-0.25, -0.2) is 9.59 Å². The van der Waals surface area contributed by atoms with Crippen molar-refractivity contribution in [2.45, 2.75) is 6.92 Å². The lowest BCUT2D eigenvalue weighted by Crippen LogP contribution is -2.25. The number of nitrogens with zero attached hydrogens (tertiary/aromatic N) is 1. The number of anilines is 1. The Labute approximate surface area is 221 Å². The Morgan fingerprint density at radius 3 is 2.45 bits per heavy atom. The molecule has 0 aliphatic carbocycles. The Bertz CT molecular complexity index is 1520. The van der Waals surface area contributed by atoms with E-state index in [1.807, 2.05) is 48.5 Å². The van der Waals surface area contributed by atoms with Crippen LogP contribution in [-0.4, -0.2) is 43.6 Å². The maximum atomic E-state index is 13.5. The first-order chi connectivity index (χ1) is 18.3.